The largest absolute Gasteiger partial charge is 0.504 e. The van der Waals surface area contributed by atoms with E-state index in [1.807, 2.05) is 0 Å². The molecule has 1 fully saturated rings. The van der Waals surface area contributed by atoms with Crippen LogP contribution in [0.2, 0.25) is 0 Å². The summed E-state index contributed by atoms with van der Waals surface area (Å²) in [4.78, 5) is 12.0. The molecule has 1 aliphatic rings. The van der Waals surface area contributed by atoms with Gasteiger partial charge in [-0.2, -0.15) is 0 Å². The molecule has 1 aromatic carbocycles. The normalized spacial score (nSPS) is 22.4. The summed E-state index contributed by atoms with van der Waals surface area (Å²) in [7, 11) is 0. The van der Waals surface area contributed by atoms with E-state index in [1.165, 1.54) is 50.3 Å². The van der Waals surface area contributed by atoms with Gasteiger partial charge in [-0.15, -0.1) is 0 Å². The smallest absolute Gasteiger partial charge is 0.251 e. The molecular formula is C16H23NO3. The number of hydrogen-bond donors (Lipinski definition) is 3. The topological polar surface area (TPSA) is 69.6 Å². The van der Waals surface area contributed by atoms with Crippen LogP contribution in [0.15, 0.2) is 18.2 Å². The molecule has 2 rings (SSSR count). The number of benzene rings is 1. The van der Waals surface area contributed by atoms with Crippen molar-refractivity contribution in [3.05, 3.63) is 23.8 Å². The fraction of sp³-hybridized carbons (Fsp3) is 0.562. The number of carbonyl (C=O) groups is 1. The molecule has 1 saturated carbocycles. The van der Waals surface area contributed by atoms with Gasteiger partial charge >= 0.3 is 0 Å². The number of hydrogen-bond acceptors (Lipinski definition) is 3. The third kappa shape index (κ3) is 3.65. The van der Waals surface area contributed by atoms with Gasteiger partial charge in [0.05, 0.1) is 0 Å². The van der Waals surface area contributed by atoms with E-state index in [1.54, 1.807) is 0 Å². The second-order valence-corrected chi connectivity index (χ2v) is 5.71. The van der Waals surface area contributed by atoms with Gasteiger partial charge in [0.15, 0.2) is 11.5 Å². The van der Waals surface area contributed by atoms with Crippen molar-refractivity contribution in [1.29, 1.82) is 0 Å². The van der Waals surface area contributed by atoms with Gasteiger partial charge in [-0.3, -0.25) is 4.79 Å². The fourth-order valence-corrected chi connectivity index (χ4v) is 2.85. The maximum absolute atomic E-state index is 12.0. The quantitative estimate of drug-likeness (QED) is 0.741. The predicted octanol–water partition coefficient (Wildman–Crippen LogP) is 3.04. The number of phenolic OH excluding ortho intramolecular Hbond substituents is 2. The lowest BCUT2D eigenvalue weighted by Gasteiger charge is -2.27. The highest BCUT2D eigenvalue weighted by Crippen LogP contribution is 2.30. The van der Waals surface area contributed by atoms with E-state index < -0.39 is 0 Å². The van der Waals surface area contributed by atoms with Crippen LogP contribution < -0.4 is 5.32 Å². The van der Waals surface area contributed by atoms with Crippen molar-refractivity contribution in [2.45, 2.75) is 39.0 Å². The highest BCUT2D eigenvalue weighted by molar-refractivity contribution is 5.94. The van der Waals surface area contributed by atoms with Crippen LogP contribution in [0.25, 0.3) is 0 Å². The molecular weight excluding hydrogens is 254 g/mol. The molecule has 0 aliphatic heterocycles. The molecule has 0 heterocycles. The first-order valence-corrected chi connectivity index (χ1v) is 7.40. The van der Waals surface area contributed by atoms with Crippen LogP contribution in [0, 0.1) is 11.8 Å². The first-order valence-electron chi connectivity index (χ1n) is 7.40. The monoisotopic (exact) mass is 277 g/mol. The van der Waals surface area contributed by atoms with Gasteiger partial charge in [0, 0.05) is 12.1 Å². The van der Waals surface area contributed by atoms with Crippen LogP contribution in [0.4, 0.5) is 0 Å². The summed E-state index contributed by atoms with van der Waals surface area (Å²) < 4.78 is 0. The molecule has 0 radical (unpaired) electrons. The third-order valence-electron chi connectivity index (χ3n) is 4.33. The number of rotatable bonds is 4. The van der Waals surface area contributed by atoms with Crippen molar-refractivity contribution in [2.24, 2.45) is 11.8 Å². The zero-order valence-electron chi connectivity index (χ0n) is 11.9. The van der Waals surface area contributed by atoms with Gasteiger partial charge in [-0.05, 0) is 42.9 Å². The number of phenols is 2. The van der Waals surface area contributed by atoms with Gasteiger partial charge in [0.2, 0.25) is 0 Å². The second-order valence-electron chi connectivity index (χ2n) is 5.71. The average molecular weight is 277 g/mol. The average Bonchev–Trinajstić information content (AvgIpc) is 2.48. The zero-order chi connectivity index (χ0) is 14.5. The van der Waals surface area contributed by atoms with Crippen molar-refractivity contribution in [1.82, 2.24) is 5.32 Å². The SMILES string of the molecule is CCC1CCC(CNC(=O)c2ccc(O)c(O)c2)CC1. The molecule has 0 aromatic heterocycles. The van der Waals surface area contributed by atoms with Crippen LogP contribution in [0.1, 0.15) is 49.4 Å². The van der Waals surface area contributed by atoms with E-state index >= 15 is 0 Å². The van der Waals surface area contributed by atoms with Crippen molar-refractivity contribution < 1.29 is 15.0 Å². The van der Waals surface area contributed by atoms with Gasteiger partial charge in [0.25, 0.3) is 5.91 Å². The van der Waals surface area contributed by atoms with Crippen LogP contribution in [-0.4, -0.2) is 22.7 Å². The summed E-state index contributed by atoms with van der Waals surface area (Å²) in [5, 5.41) is 21.5. The van der Waals surface area contributed by atoms with Crippen molar-refractivity contribution in [3.63, 3.8) is 0 Å². The third-order valence-corrected chi connectivity index (χ3v) is 4.33. The fourth-order valence-electron chi connectivity index (χ4n) is 2.85. The first-order chi connectivity index (χ1) is 9.60. The van der Waals surface area contributed by atoms with Gasteiger partial charge < -0.3 is 15.5 Å². The minimum atomic E-state index is -0.263. The van der Waals surface area contributed by atoms with E-state index in [0.29, 0.717) is 18.0 Å². The number of nitrogens with one attached hydrogen (secondary N) is 1. The second kappa shape index (κ2) is 6.64. The molecule has 20 heavy (non-hydrogen) atoms. The van der Waals surface area contributed by atoms with Crippen LogP contribution >= 0.6 is 0 Å². The maximum Gasteiger partial charge on any atom is 0.251 e. The van der Waals surface area contributed by atoms with Gasteiger partial charge in [-0.25, -0.2) is 0 Å². The lowest BCUT2D eigenvalue weighted by atomic mass is 9.81. The van der Waals surface area contributed by atoms with Gasteiger partial charge in [0.1, 0.15) is 0 Å². The molecule has 0 saturated heterocycles. The minimum Gasteiger partial charge on any atom is -0.504 e. The van der Waals surface area contributed by atoms with Crippen LogP contribution in [-0.2, 0) is 0 Å². The van der Waals surface area contributed by atoms with Crippen molar-refractivity contribution in [3.8, 4) is 11.5 Å². The highest BCUT2D eigenvalue weighted by atomic mass is 16.3. The van der Waals surface area contributed by atoms with Crippen LogP contribution in [0.5, 0.6) is 11.5 Å². The molecule has 1 aromatic rings. The molecule has 0 bridgehead atoms. The van der Waals surface area contributed by atoms with Crippen LogP contribution in [0.3, 0.4) is 0 Å². The number of carbonyl (C=O) groups excluding carboxylic acids is 1. The Kier molecular flexibility index (Phi) is 4.88. The minimum absolute atomic E-state index is 0.196. The summed E-state index contributed by atoms with van der Waals surface area (Å²) in [6.45, 7) is 2.93. The Morgan fingerprint density at radius 2 is 1.80 bits per heavy atom. The lowest BCUT2D eigenvalue weighted by Crippen LogP contribution is -2.31. The predicted molar refractivity (Wildman–Crippen MR) is 77.8 cm³/mol. The Bertz CT molecular complexity index is 465. The molecule has 1 aliphatic carbocycles. The summed E-state index contributed by atoms with van der Waals surface area (Å²) in [5.74, 6) is 0.752. The van der Waals surface area contributed by atoms with Crippen molar-refractivity contribution >= 4 is 5.91 Å². The summed E-state index contributed by atoms with van der Waals surface area (Å²) in [5.41, 5.74) is 0.377. The Hall–Kier alpha value is -1.71. The van der Waals surface area contributed by atoms with Gasteiger partial charge in [-0.1, -0.05) is 26.2 Å². The zero-order valence-corrected chi connectivity index (χ0v) is 11.9. The maximum atomic E-state index is 12.0. The highest BCUT2D eigenvalue weighted by Gasteiger charge is 2.20. The summed E-state index contributed by atoms with van der Waals surface area (Å²) >= 11 is 0. The first kappa shape index (κ1) is 14.7. The lowest BCUT2D eigenvalue weighted by molar-refractivity contribution is 0.0941. The molecule has 0 atom stereocenters. The molecule has 0 spiro atoms. The van der Waals surface area contributed by atoms with E-state index in [-0.39, 0.29) is 17.4 Å². The number of aromatic hydroxyl groups is 2. The molecule has 4 nitrogen and oxygen atoms in total. The summed E-state index contributed by atoms with van der Waals surface area (Å²) in [6.07, 6.45) is 6.14. The van der Waals surface area contributed by atoms with E-state index in [2.05, 4.69) is 12.2 Å². The molecule has 0 unspecified atom stereocenters. The number of amides is 1. The Morgan fingerprint density at radius 1 is 1.15 bits per heavy atom. The Labute approximate surface area is 119 Å². The Balaban J connectivity index is 1.82. The molecule has 3 N–H and O–H groups in total. The van der Waals surface area contributed by atoms with E-state index in [0.717, 1.165) is 5.92 Å². The standard InChI is InChI=1S/C16H23NO3/c1-2-11-3-5-12(6-4-11)10-17-16(20)13-7-8-14(18)15(19)9-13/h7-9,11-12,18-19H,2-6,10H2,1H3,(H,17,20). The Morgan fingerprint density at radius 3 is 2.40 bits per heavy atom. The van der Waals surface area contributed by atoms with E-state index in [9.17, 15) is 15.0 Å². The van der Waals surface area contributed by atoms with Crippen molar-refractivity contribution in [2.75, 3.05) is 6.54 Å². The molecule has 1 amide bonds. The molecule has 110 valence electrons. The summed E-state index contributed by atoms with van der Waals surface area (Å²) in [6, 6.07) is 4.13. The molecule has 4 heteroatoms. The van der Waals surface area contributed by atoms with E-state index in [4.69, 9.17) is 0 Å².